The number of carbonyl (C=O) groups excluding carboxylic acids is 1. The van der Waals surface area contributed by atoms with Crippen molar-refractivity contribution in [2.45, 2.75) is 65.4 Å². The molecule has 0 spiro atoms. The summed E-state index contributed by atoms with van der Waals surface area (Å²) in [6.07, 6.45) is 1.29. The number of phenolic OH excluding ortho intramolecular Hbond substituents is 1. The van der Waals surface area contributed by atoms with E-state index in [0.717, 1.165) is 24.0 Å². The maximum atomic E-state index is 13.0. The first-order chi connectivity index (χ1) is 11.2. The van der Waals surface area contributed by atoms with Crippen LogP contribution in [0.15, 0.2) is 12.1 Å². The third kappa shape index (κ3) is 3.92. The molecule has 1 aliphatic rings. The molecule has 0 aliphatic carbocycles. The second-order valence-corrected chi connectivity index (χ2v) is 7.69. The summed E-state index contributed by atoms with van der Waals surface area (Å²) >= 11 is 0. The monoisotopic (exact) mass is 333 g/mol. The summed E-state index contributed by atoms with van der Waals surface area (Å²) in [5.74, 6) is 0.751. The molecule has 0 saturated carbocycles. The molecule has 24 heavy (non-hydrogen) atoms. The highest BCUT2D eigenvalue weighted by atomic mass is 16.3. The average Bonchev–Trinajstić information content (AvgIpc) is 2.54. The van der Waals surface area contributed by atoms with Crippen LogP contribution in [0.5, 0.6) is 5.75 Å². The molecule has 1 saturated heterocycles. The number of nitrogens with zero attached hydrogens (tertiary/aromatic N) is 1. The number of likely N-dealkylation sites (tertiary alicyclic amines) is 1. The van der Waals surface area contributed by atoms with Crippen molar-refractivity contribution in [3.05, 3.63) is 28.8 Å². The summed E-state index contributed by atoms with van der Waals surface area (Å²) < 4.78 is 0. The topological polar surface area (TPSA) is 60.8 Å². The van der Waals surface area contributed by atoms with Gasteiger partial charge in [0.25, 0.3) is 5.91 Å². The molecule has 1 heterocycles. The Labute approximate surface area is 145 Å². The summed E-state index contributed by atoms with van der Waals surface area (Å²) in [7, 11) is 0. The number of rotatable bonds is 4. The van der Waals surface area contributed by atoms with Gasteiger partial charge in [0.2, 0.25) is 0 Å². The number of aromatic hydroxyl groups is 1. The van der Waals surface area contributed by atoms with Crippen molar-refractivity contribution >= 4 is 5.91 Å². The second-order valence-electron chi connectivity index (χ2n) is 7.69. The smallest absolute Gasteiger partial charge is 0.257 e. The van der Waals surface area contributed by atoms with Crippen LogP contribution < -0.4 is 0 Å². The predicted molar refractivity (Wildman–Crippen MR) is 96.6 cm³/mol. The van der Waals surface area contributed by atoms with E-state index in [9.17, 15) is 15.0 Å². The van der Waals surface area contributed by atoms with E-state index in [1.807, 2.05) is 37.8 Å². The molecular weight excluding hydrogens is 302 g/mol. The fourth-order valence-corrected chi connectivity index (χ4v) is 3.37. The summed E-state index contributed by atoms with van der Waals surface area (Å²) in [4.78, 5) is 14.8. The second kappa shape index (κ2) is 7.56. The van der Waals surface area contributed by atoms with Gasteiger partial charge in [0.05, 0.1) is 11.7 Å². The first-order valence-corrected chi connectivity index (χ1v) is 9.06. The lowest BCUT2D eigenvalue weighted by molar-refractivity contribution is 0.0519. The minimum atomic E-state index is -0.326. The van der Waals surface area contributed by atoms with Crippen molar-refractivity contribution in [1.29, 1.82) is 0 Å². The van der Waals surface area contributed by atoms with Crippen molar-refractivity contribution in [3.63, 3.8) is 0 Å². The zero-order valence-corrected chi connectivity index (χ0v) is 15.5. The van der Waals surface area contributed by atoms with Crippen LogP contribution in [0, 0.1) is 5.92 Å². The molecule has 2 rings (SSSR count). The van der Waals surface area contributed by atoms with E-state index < -0.39 is 0 Å². The lowest BCUT2D eigenvalue weighted by Crippen LogP contribution is -2.40. The molecule has 134 valence electrons. The van der Waals surface area contributed by atoms with Gasteiger partial charge >= 0.3 is 0 Å². The molecule has 0 bridgehead atoms. The van der Waals surface area contributed by atoms with E-state index in [0.29, 0.717) is 24.6 Å². The number of hydrogen-bond donors (Lipinski definition) is 2. The Bertz CT molecular complexity index is 585. The van der Waals surface area contributed by atoms with Crippen LogP contribution in [0.25, 0.3) is 0 Å². The van der Waals surface area contributed by atoms with Gasteiger partial charge in [0, 0.05) is 13.1 Å². The molecule has 2 N–H and O–H groups in total. The Morgan fingerprint density at radius 2 is 1.67 bits per heavy atom. The van der Waals surface area contributed by atoms with Crippen LogP contribution in [0.4, 0.5) is 0 Å². The van der Waals surface area contributed by atoms with E-state index in [1.54, 1.807) is 0 Å². The molecular formula is C20H31NO3. The number of benzene rings is 1. The van der Waals surface area contributed by atoms with E-state index in [2.05, 4.69) is 13.8 Å². The van der Waals surface area contributed by atoms with Gasteiger partial charge in [-0.1, -0.05) is 33.8 Å². The lowest BCUT2D eigenvalue weighted by Gasteiger charge is -2.33. The van der Waals surface area contributed by atoms with Crippen molar-refractivity contribution < 1.29 is 15.0 Å². The van der Waals surface area contributed by atoms with E-state index in [-0.39, 0.29) is 29.6 Å². The maximum absolute atomic E-state index is 13.0. The molecule has 1 aromatic carbocycles. The fraction of sp³-hybridized carbons (Fsp3) is 0.650. The van der Waals surface area contributed by atoms with Gasteiger partial charge in [0.1, 0.15) is 5.75 Å². The molecule has 1 atom stereocenters. The fourth-order valence-electron chi connectivity index (χ4n) is 3.37. The SMILES string of the molecule is CC(C)c1cc(C(=O)N2CCC(C(C)O)CC2)c(O)c(C(C)C)c1. The number of hydrogen-bond acceptors (Lipinski definition) is 3. The van der Waals surface area contributed by atoms with Crippen LogP contribution in [0.2, 0.25) is 0 Å². The predicted octanol–water partition coefficient (Wildman–Crippen LogP) is 3.87. The third-order valence-corrected chi connectivity index (χ3v) is 5.19. The molecule has 1 aromatic rings. The first-order valence-electron chi connectivity index (χ1n) is 9.06. The van der Waals surface area contributed by atoms with Gasteiger partial charge in [-0.15, -0.1) is 0 Å². The van der Waals surface area contributed by atoms with Gasteiger partial charge in [-0.25, -0.2) is 0 Å². The van der Waals surface area contributed by atoms with Crippen molar-refractivity contribution in [2.75, 3.05) is 13.1 Å². The third-order valence-electron chi connectivity index (χ3n) is 5.19. The van der Waals surface area contributed by atoms with Crippen LogP contribution in [-0.4, -0.2) is 40.2 Å². The zero-order chi connectivity index (χ0) is 18.0. The molecule has 1 aliphatic heterocycles. The van der Waals surface area contributed by atoms with Gasteiger partial charge in [-0.2, -0.15) is 0 Å². The van der Waals surface area contributed by atoms with Gasteiger partial charge in [-0.05, 0) is 54.7 Å². The van der Waals surface area contributed by atoms with Crippen molar-refractivity contribution in [1.82, 2.24) is 4.90 Å². The highest BCUT2D eigenvalue weighted by Gasteiger charge is 2.28. The number of aliphatic hydroxyl groups is 1. The van der Waals surface area contributed by atoms with Crippen LogP contribution in [0.3, 0.4) is 0 Å². The number of piperidine rings is 1. The van der Waals surface area contributed by atoms with E-state index in [4.69, 9.17) is 0 Å². The molecule has 1 amide bonds. The maximum Gasteiger partial charge on any atom is 0.257 e. The first kappa shape index (κ1) is 18.8. The molecule has 0 aromatic heterocycles. The number of phenols is 1. The normalized spacial score (nSPS) is 17.6. The highest BCUT2D eigenvalue weighted by Crippen LogP contribution is 2.34. The minimum absolute atomic E-state index is 0.0963. The van der Waals surface area contributed by atoms with Gasteiger partial charge < -0.3 is 15.1 Å². The summed E-state index contributed by atoms with van der Waals surface area (Å²) in [5.41, 5.74) is 2.34. The minimum Gasteiger partial charge on any atom is -0.507 e. The standard InChI is InChI=1S/C20H31NO3/c1-12(2)16-10-17(13(3)4)19(23)18(11-16)20(24)21-8-6-15(7-9-21)14(5)22/h10-15,22-23H,6-9H2,1-5H3. The number of carbonyl (C=O) groups is 1. The van der Waals surface area contributed by atoms with Crippen LogP contribution >= 0.6 is 0 Å². The van der Waals surface area contributed by atoms with Crippen molar-refractivity contribution in [2.24, 2.45) is 5.92 Å². The zero-order valence-electron chi connectivity index (χ0n) is 15.5. The molecule has 0 radical (unpaired) electrons. The largest absolute Gasteiger partial charge is 0.507 e. The average molecular weight is 333 g/mol. The lowest BCUT2D eigenvalue weighted by atomic mass is 9.90. The number of aliphatic hydroxyl groups excluding tert-OH is 1. The number of amides is 1. The Morgan fingerprint density at radius 3 is 2.12 bits per heavy atom. The molecule has 4 nitrogen and oxygen atoms in total. The Morgan fingerprint density at radius 1 is 1.08 bits per heavy atom. The molecule has 1 fully saturated rings. The van der Waals surface area contributed by atoms with Crippen LogP contribution in [0.1, 0.15) is 80.8 Å². The quantitative estimate of drug-likeness (QED) is 0.879. The summed E-state index contributed by atoms with van der Waals surface area (Å²) in [6.45, 7) is 11.3. The van der Waals surface area contributed by atoms with E-state index in [1.165, 1.54) is 0 Å². The Hall–Kier alpha value is -1.55. The van der Waals surface area contributed by atoms with E-state index >= 15 is 0 Å². The Balaban J connectivity index is 2.29. The summed E-state index contributed by atoms with van der Waals surface area (Å²) in [6, 6.07) is 3.86. The van der Waals surface area contributed by atoms with Gasteiger partial charge in [0.15, 0.2) is 0 Å². The molecule has 1 unspecified atom stereocenters. The van der Waals surface area contributed by atoms with Gasteiger partial charge in [-0.3, -0.25) is 4.79 Å². The summed E-state index contributed by atoms with van der Waals surface area (Å²) in [5, 5.41) is 20.3. The van der Waals surface area contributed by atoms with Crippen LogP contribution in [-0.2, 0) is 0 Å². The highest BCUT2D eigenvalue weighted by molar-refractivity contribution is 5.97. The van der Waals surface area contributed by atoms with Crippen molar-refractivity contribution in [3.8, 4) is 5.75 Å². The Kier molecular flexibility index (Phi) is 5.92. The molecule has 4 heteroatoms.